The van der Waals surface area contributed by atoms with Crippen molar-refractivity contribution in [1.82, 2.24) is 10.2 Å². The zero-order valence-corrected chi connectivity index (χ0v) is 28.3. The minimum atomic E-state index is -4.22. The lowest BCUT2D eigenvalue weighted by Crippen LogP contribution is -2.56. The number of amides is 2. The first-order valence-electron chi connectivity index (χ1n) is 14.9. The van der Waals surface area contributed by atoms with Gasteiger partial charge in [0.2, 0.25) is 11.8 Å². The summed E-state index contributed by atoms with van der Waals surface area (Å²) in [6, 6.07) is 28.4. The summed E-state index contributed by atoms with van der Waals surface area (Å²) in [5.41, 5.74) is 2.23. The number of nitrogens with one attached hydrogen (secondary N) is 1. The summed E-state index contributed by atoms with van der Waals surface area (Å²) >= 11 is 6.06. The van der Waals surface area contributed by atoms with Crippen molar-refractivity contribution in [2.24, 2.45) is 0 Å². The van der Waals surface area contributed by atoms with Crippen LogP contribution in [-0.2, 0) is 32.6 Å². The van der Waals surface area contributed by atoms with Gasteiger partial charge in [-0.3, -0.25) is 13.9 Å². The molecule has 46 heavy (non-hydrogen) atoms. The number of nitrogens with zero attached hydrogens (tertiary/aromatic N) is 2. The smallest absolute Gasteiger partial charge is 0.264 e. The number of anilines is 1. The average molecular weight is 662 g/mol. The van der Waals surface area contributed by atoms with E-state index >= 15 is 0 Å². The molecule has 0 unspecified atom stereocenters. The van der Waals surface area contributed by atoms with Gasteiger partial charge < -0.3 is 15.0 Å². The fourth-order valence-corrected chi connectivity index (χ4v) is 6.49. The number of rotatable bonds is 12. The highest BCUT2D eigenvalue weighted by Crippen LogP contribution is 2.27. The lowest BCUT2D eigenvalue weighted by Gasteiger charge is -2.35. The van der Waals surface area contributed by atoms with Gasteiger partial charge >= 0.3 is 0 Å². The number of ether oxygens (including phenoxy) is 1. The van der Waals surface area contributed by atoms with E-state index in [0.29, 0.717) is 16.5 Å². The van der Waals surface area contributed by atoms with Crippen LogP contribution in [0.5, 0.6) is 5.75 Å². The number of benzene rings is 4. The van der Waals surface area contributed by atoms with E-state index in [-0.39, 0.29) is 23.8 Å². The van der Waals surface area contributed by atoms with Crippen molar-refractivity contribution in [3.63, 3.8) is 0 Å². The van der Waals surface area contributed by atoms with E-state index < -0.39 is 34.1 Å². The van der Waals surface area contributed by atoms with Gasteiger partial charge in [0, 0.05) is 23.5 Å². The van der Waals surface area contributed by atoms with Crippen LogP contribution in [0.4, 0.5) is 5.69 Å². The van der Waals surface area contributed by atoms with E-state index in [1.54, 1.807) is 43.5 Å². The molecule has 0 aliphatic heterocycles. The summed E-state index contributed by atoms with van der Waals surface area (Å²) in [7, 11) is -2.67. The number of sulfonamides is 1. The number of carbonyl (C=O) groups excluding carboxylic acids is 2. The van der Waals surface area contributed by atoms with E-state index in [4.69, 9.17) is 16.3 Å². The first-order valence-corrected chi connectivity index (χ1v) is 16.7. The lowest BCUT2D eigenvalue weighted by atomic mass is 10.0. The molecule has 0 spiro atoms. The molecular formula is C36H40ClN3O5S. The Balaban J connectivity index is 1.82. The normalized spacial score (nSPS) is 12.2. The maximum atomic E-state index is 14.6. The predicted octanol–water partition coefficient (Wildman–Crippen LogP) is 6.41. The summed E-state index contributed by atoms with van der Waals surface area (Å²) in [5.74, 6) is -0.309. The Morgan fingerprint density at radius 2 is 1.50 bits per heavy atom. The third kappa shape index (κ3) is 9.11. The molecule has 8 nitrogen and oxygen atoms in total. The largest absolute Gasteiger partial charge is 0.497 e. The van der Waals surface area contributed by atoms with Gasteiger partial charge in [-0.15, -0.1) is 0 Å². The Hall–Kier alpha value is -4.34. The number of hydrogen-bond donors (Lipinski definition) is 1. The highest BCUT2D eigenvalue weighted by atomic mass is 35.5. The average Bonchev–Trinajstić information content (AvgIpc) is 3.02. The van der Waals surface area contributed by atoms with Crippen LogP contribution in [0.15, 0.2) is 108 Å². The van der Waals surface area contributed by atoms with Crippen molar-refractivity contribution in [2.75, 3.05) is 18.0 Å². The molecule has 0 saturated carbocycles. The van der Waals surface area contributed by atoms with Gasteiger partial charge in [-0.25, -0.2) is 8.42 Å². The van der Waals surface area contributed by atoms with Crippen LogP contribution >= 0.6 is 11.6 Å². The number of hydrogen-bond acceptors (Lipinski definition) is 5. The van der Waals surface area contributed by atoms with Crippen molar-refractivity contribution < 1.29 is 22.7 Å². The highest BCUT2D eigenvalue weighted by molar-refractivity contribution is 7.92. The molecule has 0 saturated heterocycles. The highest BCUT2D eigenvalue weighted by Gasteiger charge is 2.35. The third-order valence-corrected chi connectivity index (χ3v) is 9.30. The number of carbonyl (C=O) groups is 2. The molecule has 0 aliphatic carbocycles. The van der Waals surface area contributed by atoms with E-state index in [2.05, 4.69) is 5.32 Å². The van der Waals surface area contributed by atoms with Gasteiger partial charge in [0.05, 0.1) is 17.7 Å². The van der Waals surface area contributed by atoms with Gasteiger partial charge in [0.25, 0.3) is 10.0 Å². The summed E-state index contributed by atoms with van der Waals surface area (Å²) in [4.78, 5) is 30.0. The zero-order valence-electron chi connectivity index (χ0n) is 26.7. The maximum absolute atomic E-state index is 14.6. The topological polar surface area (TPSA) is 96.0 Å². The van der Waals surface area contributed by atoms with Crippen molar-refractivity contribution in [3.8, 4) is 5.75 Å². The van der Waals surface area contributed by atoms with Crippen molar-refractivity contribution >= 4 is 39.1 Å². The van der Waals surface area contributed by atoms with Gasteiger partial charge in [-0.1, -0.05) is 71.8 Å². The second kappa shape index (κ2) is 14.8. The first-order chi connectivity index (χ1) is 21.8. The molecule has 1 N–H and O–H groups in total. The fourth-order valence-electron chi connectivity index (χ4n) is 4.95. The Kier molecular flexibility index (Phi) is 11.1. The minimum Gasteiger partial charge on any atom is -0.497 e. The molecule has 0 fully saturated rings. The quantitative estimate of drug-likeness (QED) is 0.189. The van der Waals surface area contributed by atoms with Crippen molar-refractivity contribution in [3.05, 3.63) is 125 Å². The molecule has 242 valence electrons. The van der Waals surface area contributed by atoms with Crippen LogP contribution in [0.1, 0.15) is 37.5 Å². The van der Waals surface area contributed by atoms with Crippen LogP contribution in [0.2, 0.25) is 5.02 Å². The fraction of sp³-hybridized carbons (Fsp3) is 0.278. The van der Waals surface area contributed by atoms with Crippen LogP contribution in [0.3, 0.4) is 0 Å². The van der Waals surface area contributed by atoms with Crippen molar-refractivity contribution in [2.45, 2.75) is 57.1 Å². The molecule has 0 aliphatic rings. The van der Waals surface area contributed by atoms with E-state index in [1.807, 2.05) is 70.2 Å². The van der Waals surface area contributed by atoms with Gasteiger partial charge in [-0.2, -0.15) is 0 Å². The first kappa shape index (κ1) is 34.5. The third-order valence-electron chi connectivity index (χ3n) is 7.26. The Labute approximate surface area is 277 Å². The molecule has 2 amide bonds. The molecule has 0 aromatic heterocycles. The summed E-state index contributed by atoms with van der Waals surface area (Å²) in [6.07, 6.45) is 0.215. The van der Waals surface area contributed by atoms with E-state index in [1.165, 1.54) is 29.2 Å². The Morgan fingerprint density at radius 3 is 2.11 bits per heavy atom. The van der Waals surface area contributed by atoms with Crippen LogP contribution in [-0.4, -0.2) is 50.4 Å². The lowest BCUT2D eigenvalue weighted by molar-refractivity contribution is -0.140. The predicted molar refractivity (Wildman–Crippen MR) is 183 cm³/mol. The summed E-state index contributed by atoms with van der Waals surface area (Å²) < 4.78 is 34.8. The molecule has 4 aromatic carbocycles. The molecule has 0 radical (unpaired) electrons. The summed E-state index contributed by atoms with van der Waals surface area (Å²) in [6.45, 7) is 6.99. The molecule has 4 rings (SSSR count). The SMILES string of the molecule is COc1cccc(CN(C(=O)CN(c2ccc(C)cc2)S(=O)(=O)c2ccc(Cl)cc2)[C@@H](Cc2ccccc2)C(=O)NC(C)(C)C)c1. The van der Waals surface area contributed by atoms with Gasteiger partial charge in [0.15, 0.2) is 0 Å². The van der Waals surface area contributed by atoms with Gasteiger partial charge in [-0.05, 0) is 87.4 Å². The Morgan fingerprint density at radius 1 is 0.870 bits per heavy atom. The van der Waals surface area contributed by atoms with Crippen LogP contribution in [0.25, 0.3) is 0 Å². The molecular weight excluding hydrogens is 622 g/mol. The summed E-state index contributed by atoms with van der Waals surface area (Å²) in [5, 5.41) is 3.42. The standard InChI is InChI=1S/C36H40ClN3O5S/c1-26-14-18-30(19-15-26)40(46(43,44)32-20-16-29(37)17-21-32)25-34(41)39(24-28-12-9-13-31(22-28)45-5)33(35(42)38-36(2,3)4)23-27-10-7-6-8-11-27/h6-22,33H,23-25H2,1-5H3,(H,38,42)/t33-/m0/s1. The number of aryl methyl sites for hydroxylation is 1. The zero-order chi connectivity index (χ0) is 33.5. The molecule has 4 aromatic rings. The minimum absolute atomic E-state index is 0.0177. The second-order valence-electron chi connectivity index (χ2n) is 12.1. The molecule has 1 atom stereocenters. The molecule has 0 bridgehead atoms. The maximum Gasteiger partial charge on any atom is 0.264 e. The van der Waals surface area contributed by atoms with Crippen LogP contribution < -0.4 is 14.4 Å². The Bertz CT molecular complexity index is 1740. The van der Waals surface area contributed by atoms with E-state index in [9.17, 15) is 18.0 Å². The number of methoxy groups -OCH3 is 1. The van der Waals surface area contributed by atoms with E-state index in [0.717, 1.165) is 21.0 Å². The molecule has 0 heterocycles. The van der Waals surface area contributed by atoms with Gasteiger partial charge in [0.1, 0.15) is 18.3 Å². The monoisotopic (exact) mass is 661 g/mol. The van der Waals surface area contributed by atoms with Crippen LogP contribution in [0, 0.1) is 6.92 Å². The number of halogens is 1. The van der Waals surface area contributed by atoms with Crippen molar-refractivity contribution in [1.29, 1.82) is 0 Å². The molecule has 10 heteroatoms. The second-order valence-corrected chi connectivity index (χ2v) is 14.4.